The number of halogens is 2. The summed E-state index contributed by atoms with van der Waals surface area (Å²) in [7, 11) is 1.52. The van der Waals surface area contributed by atoms with Crippen molar-refractivity contribution in [2.75, 3.05) is 11.9 Å². The zero-order valence-corrected chi connectivity index (χ0v) is 11.6. The lowest BCUT2D eigenvalue weighted by atomic mass is 10.1. The molecule has 0 aliphatic rings. The van der Waals surface area contributed by atoms with Crippen molar-refractivity contribution >= 4 is 11.7 Å². The second kappa shape index (κ2) is 5.87. The maximum Gasteiger partial charge on any atom is 0.335 e. The molecule has 2 aromatic rings. The Kier molecular flexibility index (Phi) is 4.16. The number of carbonyl (C=O) groups is 1. The van der Waals surface area contributed by atoms with Crippen LogP contribution in [0.2, 0.25) is 0 Å². The smallest absolute Gasteiger partial charge is 0.335 e. The molecule has 0 spiro atoms. The third-order valence-corrected chi connectivity index (χ3v) is 2.99. The predicted molar refractivity (Wildman–Crippen MR) is 74.4 cm³/mol. The van der Waals surface area contributed by atoms with Crippen molar-refractivity contribution < 1.29 is 18.7 Å². The first-order valence-electron chi connectivity index (χ1n) is 6.24. The molecular weight excluding hydrogens is 278 g/mol. The largest absolute Gasteiger partial charge is 0.478 e. The molecule has 1 heterocycles. The van der Waals surface area contributed by atoms with Gasteiger partial charge in [-0.05, 0) is 31.2 Å². The summed E-state index contributed by atoms with van der Waals surface area (Å²) in [6, 6.07) is 7.00. The maximum absolute atomic E-state index is 13.9. The molecule has 0 radical (unpaired) electrons. The van der Waals surface area contributed by atoms with Crippen LogP contribution in [0.25, 0.3) is 0 Å². The normalized spacial score (nSPS) is 10.5. The molecule has 1 aromatic heterocycles. The lowest BCUT2D eigenvalue weighted by molar-refractivity contribution is 0.0695. The molecule has 0 amide bonds. The first-order chi connectivity index (χ1) is 9.88. The number of rotatable bonds is 4. The van der Waals surface area contributed by atoms with Gasteiger partial charge in [0.2, 0.25) is 0 Å². The molecule has 0 unspecified atom stereocenters. The van der Waals surface area contributed by atoms with Gasteiger partial charge in [0, 0.05) is 12.7 Å². The lowest BCUT2D eigenvalue weighted by Gasteiger charge is -2.20. The zero-order chi connectivity index (χ0) is 15.6. The first-order valence-corrected chi connectivity index (χ1v) is 6.24. The van der Waals surface area contributed by atoms with Crippen molar-refractivity contribution in [1.82, 2.24) is 4.98 Å². The summed E-state index contributed by atoms with van der Waals surface area (Å²) >= 11 is 0. The van der Waals surface area contributed by atoms with Crippen LogP contribution in [0, 0.1) is 18.6 Å². The van der Waals surface area contributed by atoms with E-state index in [9.17, 15) is 13.6 Å². The molecule has 0 saturated heterocycles. The van der Waals surface area contributed by atoms with Gasteiger partial charge in [0.25, 0.3) is 0 Å². The van der Waals surface area contributed by atoms with Crippen molar-refractivity contribution in [3.8, 4) is 0 Å². The third-order valence-electron chi connectivity index (χ3n) is 2.99. The van der Waals surface area contributed by atoms with Gasteiger partial charge in [-0.1, -0.05) is 6.07 Å². The molecule has 0 atom stereocenters. The number of aromatic carboxylic acids is 1. The van der Waals surface area contributed by atoms with Gasteiger partial charge in [0.15, 0.2) is 0 Å². The molecule has 110 valence electrons. The second-order valence-corrected chi connectivity index (χ2v) is 4.72. The van der Waals surface area contributed by atoms with Gasteiger partial charge in [0.05, 0.1) is 17.8 Å². The van der Waals surface area contributed by atoms with E-state index in [4.69, 9.17) is 5.11 Å². The van der Waals surface area contributed by atoms with Gasteiger partial charge in [0.1, 0.15) is 17.3 Å². The van der Waals surface area contributed by atoms with E-state index in [0.29, 0.717) is 5.69 Å². The molecular formula is C15H14F2N2O2. The van der Waals surface area contributed by atoms with E-state index in [1.54, 1.807) is 6.07 Å². The SMILES string of the molecule is Cc1cccc(CN(C)c2c(F)cc(C(=O)O)cc2F)n1. The number of benzene rings is 1. The van der Waals surface area contributed by atoms with Gasteiger partial charge < -0.3 is 10.0 Å². The number of carboxylic acids is 1. The fourth-order valence-corrected chi connectivity index (χ4v) is 2.06. The van der Waals surface area contributed by atoms with Crippen LogP contribution < -0.4 is 4.90 Å². The molecule has 0 bridgehead atoms. The molecule has 1 aromatic carbocycles. The Bertz CT molecular complexity index is 666. The standard InChI is InChI=1S/C15H14F2N2O2/c1-9-4-3-5-11(18-9)8-19(2)14-12(16)6-10(15(20)21)7-13(14)17/h3-7H,8H2,1-2H3,(H,20,21). The monoisotopic (exact) mass is 292 g/mol. The Hall–Kier alpha value is -2.50. The Morgan fingerprint density at radius 2 is 1.90 bits per heavy atom. The summed E-state index contributed by atoms with van der Waals surface area (Å²) in [5, 5.41) is 8.77. The average molecular weight is 292 g/mol. The summed E-state index contributed by atoms with van der Waals surface area (Å²) in [4.78, 5) is 16.4. The molecule has 6 heteroatoms. The summed E-state index contributed by atoms with van der Waals surface area (Å²) in [5.41, 5.74) is 0.779. The quantitative estimate of drug-likeness (QED) is 0.941. The van der Waals surface area contributed by atoms with Crippen LogP contribution in [-0.2, 0) is 6.54 Å². The fraction of sp³-hybridized carbons (Fsp3) is 0.200. The van der Waals surface area contributed by atoms with Gasteiger partial charge in [-0.3, -0.25) is 4.98 Å². The summed E-state index contributed by atoms with van der Waals surface area (Å²) in [6.07, 6.45) is 0. The minimum Gasteiger partial charge on any atom is -0.478 e. The molecule has 4 nitrogen and oxygen atoms in total. The number of nitrogens with zero attached hydrogens (tertiary/aromatic N) is 2. The van der Waals surface area contributed by atoms with Crippen molar-refractivity contribution in [2.24, 2.45) is 0 Å². The highest BCUT2D eigenvalue weighted by Gasteiger charge is 2.18. The van der Waals surface area contributed by atoms with Crippen LogP contribution >= 0.6 is 0 Å². The highest BCUT2D eigenvalue weighted by atomic mass is 19.1. The van der Waals surface area contributed by atoms with Crippen LogP contribution in [0.5, 0.6) is 0 Å². The number of hydrogen-bond donors (Lipinski definition) is 1. The zero-order valence-electron chi connectivity index (χ0n) is 11.6. The second-order valence-electron chi connectivity index (χ2n) is 4.72. The van der Waals surface area contributed by atoms with E-state index in [0.717, 1.165) is 17.8 Å². The minimum atomic E-state index is -1.37. The molecule has 0 fully saturated rings. The van der Waals surface area contributed by atoms with Gasteiger partial charge in [-0.2, -0.15) is 0 Å². The van der Waals surface area contributed by atoms with Crippen LogP contribution in [0.3, 0.4) is 0 Å². The molecule has 1 N–H and O–H groups in total. The molecule has 0 aliphatic heterocycles. The molecule has 2 rings (SSSR count). The number of aryl methyl sites for hydroxylation is 1. The van der Waals surface area contributed by atoms with E-state index in [2.05, 4.69) is 4.98 Å². The van der Waals surface area contributed by atoms with Crippen LogP contribution in [-0.4, -0.2) is 23.1 Å². The maximum atomic E-state index is 13.9. The van der Waals surface area contributed by atoms with E-state index in [1.807, 2.05) is 19.1 Å². The number of aromatic nitrogens is 1. The Balaban J connectivity index is 2.31. The first kappa shape index (κ1) is 14.9. The van der Waals surface area contributed by atoms with Crippen molar-refractivity contribution in [1.29, 1.82) is 0 Å². The van der Waals surface area contributed by atoms with E-state index >= 15 is 0 Å². The Labute approximate surface area is 120 Å². The van der Waals surface area contributed by atoms with Crippen LogP contribution in [0.1, 0.15) is 21.7 Å². The van der Waals surface area contributed by atoms with Crippen molar-refractivity contribution in [2.45, 2.75) is 13.5 Å². The Morgan fingerprint density at radius 1 is 1.29 bits per heavy atom. The van der Waals surface area contributed by atoms with Gasteiger partial charge in [-0.15, -0.1) is 0 Å². The molecule has 21 heavy (non-hydrogen) atoms. The summed E-state index contributed by atoms with van der Waals surface area (Å²) in [5.74, 6) is -3.20. The van der Waals surface area contributed by atoms with Crippen LogP contribution in [0.15, 0.2) is 30.3 Å². The van der Waals surface area contributed by atoms with Crippen molar-refractivity contribution in [3.05, 3.63) is 58.9 Å². The van der Waals surface area contributed by atoms with Crippen LogP contribution in [0.4, 0.5) is 14.5 Å². The van der Waals surface area contributed by atoms with E-state index in [-0.39, 0.29) is 12.2 Å². The lowest BCUT2D eigenvalue weighted by Crippen LogP contribution is -2.20. The van der Waals surface area contributed by atoms with E-state index < -0.39 is 23.2 Å². The number of hydrogen-bond acceptors (Lipinski definition) is 3. The van der Waals surface area contributed by atoms with Gasteiger partial charge in [-0.25, -0.2) is 13.6 Å². The summed E-state index contributed by atoms with van der Waals surface area (Å²) < 4.78 is 27.9. The van der Waals surface area contributed by atoms with E-state index in [1.165, 1.54) is 11.9 Å². The van der Waals surface area contributed by atoms with Crippen molar-refractivity contribution in [3.63, 3.8) is 0 Å². The molecule has 0 aliphatic carbocycles. The average Bonchev–Trinajstić information content (AvgIpc) is 2.37. The number of pyridine rings is 1. The third kappa shape index (κ3) is 3.34. The highest BCUT2D eigenvalue weighted by molar-refractivity contribution is 5.88. The summed E-state index contributed by atoms with van der Waals surface area (Å²) in [6.45, 7) is 2.04. The minimum absolute atomic E-state index is 0.210. The molecule has 0 saturated carbocycles. The fourth-order valence-electron chi connectivity index (χ4n) is 2.06. The number of carboxylic acid groups (broad SMARTS) is 1. The van der Waals surface area contributed by atoms with Gasteiger partial charge >= 0.3 is 5.97 Å². The topological polar surface area (TPSA) is 53.4 Å². The predicted octanol–water partition coefficient (Wildman–Crippen LogP) is 3.00. The highest BCUT2D eigenvalue weighted by Crippen LogP contribution is 2.25. The number of anilines is 1. The Morgan fingerprint density at radius 3 is 2.43 bits per heavy atom.